The zero-order chi connectivity index (χ0) is 17.7. The van der Waals surface area contributed by atoms with E-state index in [1.807, 2.05) is 69.6 Å². The summed E-state index contributed by atoms with van der Waals surface area (Å²) in [4.78, 5) is 12.1. The molecule has 0 saturated carbocycles. The average molecular weight is 375 g/mol. The summed E-state index contributed by atoms with van der Waals surface area (Å²) in [5.74, 6) is -0.561. The van der Waals surface area contributed by atoms with Crippen LogP contribution in [-0.2, 0) is 28.7 Å². The highest BCUT2D eigenvalue weighted by atomic mass is 31.2. The number of benzene rings is 1. The third-order valence-electron chi connectivity index (χ3n) is 2.45. The van der Waals surface area contributed by atoms with E-state index in [4.69, 9.17) is 12.9 Å². The average Bonchev–Trinajstić information content (AvgIpc) is 2.32. The summed E-state index contributed by atoms with van der Waals surface area (Å²) in [6.45, 7) is 11.3. The lowest BCUT2D eigenvalue weighted by molar-refractivity contribution is -0.135. The van der Waals surface area contributed by atoms with Crippen molar-refractivity contribution in [2.45, 2.75) is 52.1 Å². The molecule has 0 aliphatic rings. The Bertz CT molecular complexity index is 543. The quantitative estimate of drug-likeness (QED) is 0.475. The topological polar surface area (TPSA) is 61.8 Å². The normalized spacial score (nSPS) is 13.0. The van der Waals surface area contributed by atoms with Gasteiger partial charge in [0, 0.05) is 6.42 Å². The number of phosphoric acid groups is 1. The summed E-state index contributed by atoms with van der Waals surface area (Å²) in [5, 5.41) is 0. The van der Waals surface area contributed by atoms with Crippen LogP contribution < -0.4 is 0 Å². The number of hydrogen-bond acceptors (Lipinski definition) is 5. The van der Waals surface area contributed by atoms with Crippen molar-refractivity contribution in [1.82, 2.24) is 0 Å². The highest BCUT2D eigenvalue weighted by Gasteiger charge is 2.40. The molecule has 1 aromatic carbocycles. The van der Waals surface area contributed by atoms with Gasteiger partial charge in [-0.25, -0.2) is 4.57 Å². The first-order valence-corrected chi connectivity index (χ1v) is 15.9. The molecule has 0 bridgehead atoms. The van der Waals surface area contributed by atoms with E-state index < -0.39 is 30.4 Å². The van der Waals surface area contributed by atoms with Crippen LogP contribution in [0.2, 0.25) is 39.3 Å². The van der Waals surface area contributed by atoms with Crippen LogP contribution in [0.3, 0.4) is 0 Å². The molecule has 0 unspecified atom stereocenters. The number of rotatable bonds is 8. The molecule has 0 atom stereocenters. The Morgan fingerprint density at radius 1 is 0.957 bits per heavy atom. The molecule has 0 heterocycles. The zero-order valence-electron chi connectivity index (χ0n) is 14.8. The highest BCUT2D eigenvalue weighted by molar-refractivity contribution is 7.52. The molecule has 5 nitrogen and oxygen atoms in total. The van der Waals surface area contributed by atoms with E-state index >= 15 is 0 Å². The maximum absolute atomic E-state index is 12.8. The first-order chi connectivity index (χ1) is 10.4. The fourth-order valence-corrected chi connectivity index (χ4v) is 8.28. The SMILES string of the molecule is C[Si](C)(C)OP(=O)(OC(=O)CCc1ccccc1)O[Si](C)(C)C. The first-order valence-electron chi connectivity index (χ1n) is 7.66. The van der Waals surface area contributed by atoms with E-state index in [0.29, 0.717) is 6.42 Å². The van der Waals surface area contributed by atoms with Crippen molar-refractivity contribution in [3.05, 3.63) is 35.9 Å². The van der Waals surface area contributed by atoms with Gasteiger partial charge >= 0.3 is 13.8 Å². The summed E-state index contributed by atoms with van der Waals surface area (Å²) < 4.78 is 29.2. The van der Waals surface area contributed by atoms with E-state index in [2.05, 4.69) is 0 Å². The van der Waals surface area contributed by atoms with Crippen LogP contribution >= 0.6 is 7.82 Å². The highest BCUT2D eigenvalue weighted by Crippen LogP contribution is 2.54. The molecule has 23 heavy (non-hydrogen) atoms. The molecule has 0 fully saturated rings. The van der Waals surface area contributed by atoms with Gasteiger partial charge in [-0.15, -0.1) is 0 Å². The minimum Gasteiger partial charge on any atom is -0.372 e. The third-order valence-corrected chi connectivity index (χ3v) is 9.04. The number of carbonyl (C=O) groups is 1. The number of hydrogen-bond donors (Lipinski definition) is 0. The minimum atomic E-state index is -3.87. The minimum absolute atomic E-state index is 0.137. The molecule has 0 saturated heterocycles. The standard InChI is InChI=1S/C15H27O5PSi2/c1-22(2,3)19-21(17,20-23(4,5)6)18-15(16)13-12-14-10-8-7-9-11-14/h7-11H,12-13H2,1-6H3. The maximum atomic E-state index is 12.8. The number of carbonyl (C=O) groups excluding carboxylic acids is 1. The monoisotopic (exact) mass is 374 g/mol. The lowest BCUT2D eigenvalue weighted by Gasteiger charge is -2.29. The Labute approximate surface area is 141 Å². The van der Waals surface area contributed by atoms with Gasteiger partial charge in [0.05, 0.1) is 0 Å². The van der Waals surface area contributed by atoms with Gasteiger partial charge in [-0.05, 0) is 51.3 Å². The Balaban J connectivity index is 2.72. The summed E-state index contributed by atoms with van der Waals surface area (Å²) in [5.41, 5.74) is 1.02. The maximum Gasteiger partial charge on any atom is 0.512 e. The van der Waals surface area contributed by atoms with Crippen LogP contribution in [0, 0.1) is 0 Å². The zero-order valence-corrected chi connectivity index (χ0v) is 17.7. The Morgan fingerprint density at radius 2 is 1.43 bits per heavy atom. The Hall–Kier alpha value is -0.726. The summed E-state index contributed by atoms with van der Waals surface area (Å²) in [6, 6.07) is 9.61. The second-order valence-corrected chi connectivity index (χ2v) is 18.3. The van der Waals surface area contributed by atoms with Gasteiger partial charge in [-0.1, -0.05) is 30.3 Å². The van der Waals surface area contributed by atoms with E-state index in [-0.39, 0.29) is 6.42 Å². The van der Waals surface area contributed by atoms with Gasteiger partial charge in [0.1, 0.15) is 0 Å². The molecular weight excluding hydrogens is 347 g/mol. The molecule has 0 aliphatic carbocycles. The van der Waals surface area contributed by atoms with Gasteiger partial charge in [0.25, 0.3) is 0 Å². The molecule has 0 radical (unpaired) electrons. The Morgan fingerprint density at radius 3 is 1.87 bits per heavy atom. The fraction of sp³-hybridized carbons (Fsp3) is 0.533. The molecule has 0 aromatic heterocycles. The van der Waals surface area contributed by atoms with Crippen LogP contribution in [0.15, 0.2) is 30.3 Å². The summed E-state index contributed by atoms with van der Waals surface area (Å²) in [7, 11) is -8.24. The predicted molar refractivity (Wildman–Crippen MR) is 97.3 cm³/mol. The van der Waals surface area contributed by atoms with Crippen molar-refractivity contribution in [3.8, 4) is 0 Å². The molecule has 0 aliphatic heterocycles. The molecule has 1 rings (SSSR count). The number of aryl methyl sites for hydroxylation is 1. The van der Waals surface area contributed by atoms with Crippen LogP contribution in [-0.4, -0.2) is 22.6 Å². The molecular formula is C15H27O5PSi2. The molecule has 0 N–H and O–H groups in total. The van der Waals surface area contributed by atoms with Crippen molar-refractivity contribution in [2.24, 2.45) is 0 Å². The lowest BCUT2D eigenvalue weighted by Crippen LogP contribution is -2.31. The predicted octanol–water partition coefficient (Wildman–Crippen LogP) is 4.97. The molecule has 130 valence electrons. The van der Waals surface area contributed by atoms with Crippen molar-refractivity contribution >= 4 is 30.4 Å². The summed E-state index contributed by atoms with van der Waals surface area (Å²) >= 11 is 0. The van der Waals surface area contributed by atoms with Crippen molar-refractivity contribution < 1.29 is 22.3 Å². The second-order valence-electron chi connectivity index (χ2n) is 7.30. The van der Waals surface area contributed by atoms with Crippen molar-refractivity contribution in [2.75, 3.05) is 0 Å². The largest absolute Gasteiger partial charge is 0.512 e. The molecule has 0 amide bonds. The molecule has 1 aromatic rings. The molecule has 8 heteroatoms. The molecule has 0 spiro atoms. The van der Waals surface area contributed by atoms with E-state index in [9.17, 15) is 9.36 Å². The Kier molecular flexibility index (Phi) is 6.98. The van der Waals surface area contributed by atoms with Gasteiger partial charge < -0.3 is 12.9 Å². The van der Waals surface area contributed by atoms with Crippen LogP contribution in [0.25, 0.3) is 0 Å². The first kappa shape index (κ1) is 20.3. The van der Waals surface area contributed by atoms with Gasteiger partial charge in [0.15, 0.2) is 16.6 Å². The summed E-state index contributed by atoms with van der Waals surface area (Å²) in [6.07, 6.45) is 0.664. The lowest BCUT2D eigenvalue weighted by atomic mass is 10.1. The van der Waals surface area contributed by atoms with Crippen molar-refractivity contribution in [1.29, 1.82) is 0 Å². The van der Waals surface area contributed by atoms with Crippen molar-refractivity contribution in [3.63, 3.8) is 0 Å². The van der Waals surface area contributed by atoms with Crippen LogP contribution in [0.4, 0.5) is 0 Å². The smallest absolute Gasteiger partial charge is 0.372 e. The van der Waals surface area contributed by atoms with E-state index in [0.717, 1.165) is 5.56 Å². The fourth-order valence-electron chi connectivity index (χ4n) is 1.79. The van der Waals surface area contributed by atoms with Gasteiger partial charge in [-0.3, -0.25) is 4.79 Å². The second kappa shape index (κ2) is 7.90. The van der Waals surface area contributed by atoms with Gasteiger partial charge in [-0.2, -0.15) is 0 Å². The van der Waals surface area contributed by atoms with E-state index in [1.165, 1.54) is 0 Å². The van der Waals surface area contributed by atoms with Crippen LogP contribution in [0.5, 0.6) is 0 Å². The van der Waals surface area contributed by atoms with E-state index in [1.54, 1.807) is 0 Å². The third kappa shape index (κ3) is 9.22. The van der Waals surface area contributed by atoms with Crippen LogP contribution in [0.1, 0.15) is 12.0 Å². The van der Waals surface area contributed by atoms with Gasteiger partial charge in [0.2, 0.25) is 0 Å².